The fourth-order valence-electron chi connectivity index (χ4n) is 3.01. The van der Waals surface area contributed by atoms with E-state index < -0.39 is 0 Å². The Hall–Kier alpha value is -1.60. The van der Waals surface area contributed by atoms with Crippen LogP contribution in [-0.4, -0.2) is 19.7 Å². The largest absolute Gasteiger partial charge is 0.496 e. The third-order valence-electron chi connectivity index (χ3n) is 3.94. The van der Waals surface area contributed by atoms with Gasteiger partial charge in [0, 0.05) is 11.0 Å². The van der Waals surface area contributed by atoms with Crippen molar-refractivity contribution in [2.24, 2.45) is 4.99 Å². The molecule has 0 radical (unpaired) electrons. The zero-order chi connectivity index (χ0) is 12.8. The predicted octanol–water partition coefficient (Wildman–Crippen LogP) is 3.23. The summed E-state index contributed by atoms with van der Waals surface area (Å²) in [6.07, 6.45) is 7.46. The number of benzene rings is 1. The van der Waals surface area contributed by atoms with Crippen LogP contribution in [0.3, 0.4) is 0 Å². The Morgan fingerprint density at radius 3 is 2.67 bits per heavy atom. The SMILES string of the molecule is COc1ccccc1C1(CN=C=O)CCCCC1. The standard InChI is InChI=1S/C15H19NO2/c1-18-14-8-4-3-7-13(14)15(11-16-12-17)9-5-2-6-10-15/h3-4,7-8H,2,5-6,9-11H2,1H3. The molecule has 18 heavy (non-hydrogen) atoms. The van der Waals surface area contributed by atoms with E-state index in [1.165, 1.54) is 24.8 Å². The van der Waals surface area contributed by atoms with Gasteiger partial charge in [0.2, 0.25) is 6.08 Å². The molecule has 1 aromatic carbocycles. The molecule has 1 aliphatic rings. The highest BCUT2D eigenvalue weighted by Crippen LogP contribution is 2.43. The van der Waals surface area contributed by atoms with Crippen molar-refractivity contribution < 1.29 is 9.53 Å². The number of para-hydroxylation sites is 1. The van der Waals surface area contributed by atoms with Crippen molar-refractivity contribution in [1.29, 1.82) is 0 Å². The number of carbonyl (C=O) groups excluding carboxylic acids is 1. The number of methoxy groups -OCH3 is 1. The minimum absolute atomic E-state index is 0.0394. The molecule has 0 N–H and O–H groups in total. The number of ether oxygens (including phenoxy) is 1. The molecule has 0 heterocycles. The Bertz CT molecular complexity index is 444. The first-order chi connectivity index (χ1) is 8.82. The fraction of sp³-hybridized carbons (Fsp3) is 0.533. The summed E-state index contributed by atoms with van der Waals surface area (Å²) < 4.78 is 5.46. The third-order valence-corrected chi connectivity index (χ3v) is 3.94. The van der Waals surface area contributed by atoms with Crippen LogP contribution in [0.4, 0.5) is 0 Å². The van der Waals surface area contributed by atoms with Gasteiger partial charge in [-0.25, -0.2) is 9.79 Å². The van der Waals surface area contributed by atoms with Crippen molar-refractivity contribution >= 4 is 6.08 Å². The molecule has 0 unspecified atom stereocenters. The molecule has 1 saturated carbocycles. The first-order valence-corrected chi connectivity index (χ1v) is 6.49. The molecule has 96 valence electrons. The highest BCUT2D eigenvalue weighted by molar-refractivity contribution is 5.41. The molecule has 1 aromatic rings. The van der Waals surface area contributed by atoms with Crippen molar-refractivity contribution in [2.45, 2.75) is 37.5 Å². The van der Waals surface area contributed by atoms with E-state index in [-0.39, 0.29) is 5.41 Å². The number of hydrogen-bond donors (Lipinski definition) is 0. The van der Waals surface area contributed by atoms with E-state index in [2.05, 4.69) is 11.1 Å². The van der Waals surface area contributed by atoms with Crippen LogP contribution >= 0.6 is 0 Å². The molecule has 1 aliphatic carbocycles. The monoisotopic (exact) mass is 245 g/mol. The zero-order valence-electron chi connectivity index (χ0n) is 10.8. The van der Waals surface area contributed by atoms with Crippen LogP contribution in [0.15, 0.2) is 29.3 Å². The molecule has 1 fully saturated rings. The average Bonchev–Trinajstić information content (AvgIpc) is 2.46. The molecule has 0 aliphatic heterocycles. The van der Waals surface area contributed by atoms with Gasteiger partial charge in [0.05, 0.1) is 13.7 Å². The number of nitrogens with zero attached hydrogens (tertiary/aromatic N) is 1. The van der Waals surface area contributed by atoms with Gasteiger partial charge in [-0.05, 0) is 18.9 Å². The van der Waals surface area contributed by atoms with E-state index in [9.17, 15) is 4.79 Å². The minimum atomic E-state index is -0.0394. The van der Waals surface area contributed by atoms with Crippen LogP contribution in [0.1, 0.15) is 37.7 Å². The maximum absolute atomic E-state index is 10.5. The van der Waals surface area contributed by atoms with Crippen molar-refractivity contribution in [2.75, 3.05) is 13.7 Å². The summed E-state index contributed by atoms with van der Waals surface area (Å²) in [6.45, 7) is 0.525. The van der Waals surface area contributed by atoms with E-state index >= 15 is 0 Å². The van der Waals surface area contributed by atoms with Gasteiger partial charge in [0.15, 0.2) is 0 Å². The lowest BCUT2D eigenvalue weighted by Crippen LogP contribution is -2.32. The number of aliphatic imine (C=N–C) groups is 1. The van der Waals surface area contributed by atoms with E-state index in [1.54, 1.807) is 13.2 Å². The quantitative estimate of drug-likeness (QED) is 0.603. The van der Waals surface area contributed by atoms with E-state index in [1.807, 2.05) is 18.2 Å². The van der Waals surface area contributed by atoms with Crippen molar-refractivity contribution in [1.82, 2.24) is 0 Å². The summed E-state index contributed by atoms with van der Waals surface area (Å²) in [5.41, 5.74) is 1.15. The maximum atomic E-state index is 10.5. The van der Waals surface area contributed by atoms with Gasteiger partial charge >= 0.3 is 0 Å². The first-order valence-electron chi connectivity index (χ1n) is 6.49. The summed E-state index contributed by atoms with van der Waals surface area (Å²) in [7, 11) is 1.69. The summed E-state index contributed by atoms with van der Waals surface area (Å²) in [5.74, 6) is 0.903. The van der Waals surface area contributed by atoms with E-state index in [0.717, 1.165) is 18.6 Å². The Kier molecular flexibility index (Phi) is 4.16. The summed E-state index contributed by atoms with van der Waals surface area (Å²) in [6, 6.07) is 8.08. The van der Waals surface area contributed by atoms with Crippen LogP contribution in [0, 0.1) is 0 Å². The van der Waals surface area contributed by atoms with E-state index in [0.29, 0.717) is 6.54 Å². The van der Waals surface area contributed by atoms with Crippen LogP contribution < -0.4 is 4.74 Å². The molecule has 0 atom stereocenters. The number of isocyanates is 1. The lowest BCUT2D eigenvalue weighted by molar-refractivity contribution is 0.288. The second kappa shape index (κ2) is 5.83. The first kappa shape index (κ1) is 12.8. The average molecular weight is 245 g/mol. The van der Waals surface area contributed by atoms with Crippen molar-refractivity contribution in [3.8, 4) is 5.75 Å². The molecule has 0 aromatic heterocycles. The Labute approximate surface area is 108 Å². The highest BCUT2D eigenvalue weighted by atomic mass is 16.5. The fourth-order valence-corrected chi connectivity index (χ4v) is 3.01. The molecular weight excluding hydrogens is 226 g/mol. The molecule has 0 bridgehead atoms. The van der Waals surface area contributed by atoms with Crippen molar-refractivity contribution in [3.05, 3.63) is 29.8 Å². The van der Waals surface area contributed by atoms with Gasteiger partial charge in [-0.1, -0.05) is 37.5 Å². The van der Waals surface area contributed by atoms with Gasteiger partial charge in [-0.15, -0.1) is 0 Å². The van der Waals surface area contributed by atoms with Crippen molar-refractivity contribution in [3.63, 3.8) is 0 Å². The Morgan fingerprint density at radius 2 is 2.00 bits per heavy atom. The molecule has 2 rings (SSSR count). The molecular formula is C15H19NO2. The minimum Gasteiger partial charge on any atom is -0.496 e. The number of hydrogen-bond acceptors (Lipinski definition) is 3. The highest BCUT2D eigenvalue weighted by Gasteiger charge is 2.35. The normalized spacial score (nSPS) is 17.8. The lowest BCUT2D eigenvalue weighted by Gasteiger charge is -2.37. The summed E-state index contributed by atoms with van der Waals surface area (Å²) in [4.78, 5) is 14.3. The molecule has 3 heteroatoms. The Morgan fingerprint density at radius 1 is 1.28 bits per heavy atom. The summed E-state index contributed by atoms with van der Waals surface area (Å²) >= 11 is 0. The van der Waals surface area contributed by atoms with Gasteiger partial charge in [0.25, 0.3) is 0 Å². The molecule has 0 saturated heterocycles. The topological polar surface area (TPSA) is 38.7 Å². The third kappa shape index (κ3) is 2.46. The number of rotatable bonds is 4. The molecule has 0 amide bonds. The zero-order valence-corrected chi connectivity index (χ0v) is 10.8. The van der Waals surface area contributed by atoms with Gasteiger partial charge in [-0.2, -0.15) is 0 Å². The van der Waals surface area contributed by atoms with E-state index in [4.69, 9.17) is 4.74 Å². The molecule has 3 nitrogen and oxygen atoms in total. The lowest BCUT2D eigenvalue weighted by atomic mass is 9.69. The summed E-state index contributed by atoms with van der Waals surface area (Å²) in [5, 5.41) is 0. The predicted molar refractivity (Wildman–Crippen MR) is 70.7 cm³/mol. The van der Waals surface area contributed by atoms with Gasteiger partial charge in [0.1, 0.15) is 5.75 Å². The van der Waals surface area contributed by atoms with Crippen LogP contribution in [0.5, 0.6) is 5.75 Å². The Balaban J connectivity index is 2.41. The van der Waals surface area contributed by atoms with Crippen LogP contribution in [0.25, 0.3) is 0 Å². The van der Waals surface area contributed by atoms with Gasteiger partial charge < -0.3 is 4.74 Å². The molecule has 0 spiro atoms. The second-order valence-electron chi connectivity index (χ2n) is 4.95. The maximum Gasteiger partial charge on any atom is 0.234 e. The van der Waals surface area contributed by atoms with Gasteiger partial charge in [-0.3, -0.25) is 0 Å². The smallest absolute Gasteiger partial charge is 0.234 e. The van der Waals surface area contributed by atoms with Crippen LogP contribution in [-0.2, 0) is 10.2 Å². The second-order valence-corrected chi connectivity index (χ2v) is 4.95. The van der Waals surface area contributed by atoms with Crippen LogP contribution in [0.2, 0.25) is 0 Å².